The lowest BCUT2D eigenvalue weighted by Crippen LogP contribution is -2.64. The van der Waals surface area contributed by atoms with Crippen molar-refractivity contribution >= 4 is 17.9 Å². The molecule has 6 heteroatoms. The number of carboxylic acid groups (broad SMARTS) is 1. The van der Waals surface area contributed by atoms with Crippen molar-refractivity contribution in [3.05, 3.63) is 11.1 Å². The van der Waals surface area contributed by atoms with Gasteiger partial charge in [0.25, 0.3) is 0 Å². The zero-order chi connectivity index (χ0) is 30.9. The highest BCUT2D eigenvalue weighted by Gasteiger charge is 2.68. The highest BCUT2D eigenvalue weighted by molar-refractivity contribution is 5.82. The van der Waals surface area contributed by atoms with Crippen LogP contribution in [0.15, 0.2) is 11.1 Å². The quantitative estimate of drug-likeness (QED) is 0.250. The summed E-state index contributed by atoms with van der Waals surface area (Å²) in [7, 11) is 1.57. The van der Waals surface area contributed by atoms with Gasteiger partial charge in [0, 0.05) is 18.3 Å². The normalized spacial score (nSPS) is 41.9. The van der Waals surface area contributed by atoms with E-state index in [0.717, 1.165) is 70.6 Å². The highest BCUT2D eigenvalue weighted by Crippen LogP contribution is 2.75. The van der Waals surface area contributed by atoms with E-state index in [1.54, 1.807) is 12.7 Å². The molecule has 236 valence electrons. The standard InChI is InChI=1S/C36H56O6/c1-31(2)18-20-36(30(40)41-8)21-19-34(6)23(24(36)22-31)12-13-26-33(5)16-15-27(42-29(39)11-9-10-28(37)38)32(3,4)25(33)14-17-35(26,34)7/h25-27H,9-22H2,1-8H3,(H,37,38)/t25?,26-,27+,33+,34-,35-,36+/m1/s1. The molecule has 0 radical (unpaired) electrons. The Morgan fingerprint density at radius 3 is 2.17 bits per heavy atom. The fourth-order valence-electron chi connectivity index (χ4n) is 11.6. The second kappa shape index (κ2) is 10.4. The van der Waals surface area contributed by atoms with Gasteiger partial charge in [-0.3, -0.25) is 14.4 Å². The molecular weight excluding hydrogens is 528 g/mol. The van der Waals surface area contributed by atoms with Crippen LogP contribution >= 0.6 is 0 Å². The molecule has 42 heavy (non-hydrogen) atoms. The van der Waals surface area contributed by atoms with E-state index in [0.29, 0.717) is 18.3 Å². The van der Waals surface area contributed by atoms with Crippen LogP contribution in [0.3, 0.4) is 0 Å². The number of hydrogen-bond donors (Lipinski definition) is 1. The number of fused-ring (bicyclic) bond motifs is 6. The van der Waals surface area contributed by atoms with E-state index in [9.17, 15) is 14.4 Å². The van der Waals surface area contributed by atoms with Crippen LogP contribution in [0.2, 0.25) is 0 Å². The Bertz CT molecular complexity index is 1170. The SMILES string of the molecule is COC(=O)[C@]12CCC(C)(C)CC1=C1CC[C@@H]3[C@@]4(C)CC[C@H](OC(=O)CCCC(=O)O)C(C)(C)C4CC[C@@]3(C)[C@]1(C)CC2. The molecule has 1 N–H and O–H groups in total. The Morgan fingerprint density at radius 1 is 0.810 bits per heavy atom. The van der Waals surface area contributed by atoms with Gasteiger partial charge in [0.1, 0.15) is 6.10 Å². The van der Waals surface area contributed by atoms with Crippen LogP contribution in [0.1, 0.15) is 138 Å². The maximum absolute atomic E-state index is 13.5. The number of ether oxygens (including phenoxy) is 2. The summed E-state index contributed by atoms with van der Waals surface area (Å²) >= 11 is 0. The molecule has 0 aliphatic heterocycles. The second-order valence-corrected chi connectivity index (χ2v) is 16.9. The van der Waals surface area contributed by atoms with Crippen molar-refractivity contribution in [3.8, 4) is 0 Å². The van der Waals surface area contributed by atoms with Gasteiger partial charge in [0.15, 0.2) is 0 Å². The van der Waals surface area contributed by atoms with Crippen molar-refractivity contribution in [1.82, 2.24) is 0 Å². The van der Waals surface area contributed by atoms with Gasteiger partial charge in [0.05, 0.1) is 12.5 Å². The fraction of sp³-hybridized carbons (Fsp3) is 0.861. The summed E-state index contributed by atoms with van der Waals surface area (Å²) in [5.41, 5.74) is 3.04. The number of methoxy groups -OCH3 is 1. The first kappa shape index (κ1) is 31.6. The summed E-state index contributed by atoms with van der Waals surface area (Å²) in [6.45, 7) is 17.0. The van der Waals surface area contributed by atoms with Gasteiger partial charge in [-0.25, -0.2) is 0 Å². The summed E-state index contributed by atoms with van der Waals surface area (Å²) in [4.78, 5) is 37.1. The molecule has 0 heterocycles. The lowest BCUT2D eigenvalue weighted by Gasteiger charge is -2.71. The van der Waals surface area contributed by atoms with Crippen molar-refractivity contribution in [1.29, 1.82) is 0 Å². The van der Waals surface area contributed by atoms with Crippen molar-refractivity contribution in [2.75, 3.05) is 7.11 Å². The average molecular weight is 585 g/mol. The van der Waals surface area contributed by atoms with Gasteiger partial charge < -0.3 is 14.6 Å². The Morgan fingerprint density at radius 2 is 1.50 bits per heavy atom. The van der Waals surface area contributed by atoms with E-state index in [1.807, 2.05) is 0 Å². The molecule has 5 rings (SSSR count). The van der Waals surface area contributed by atoms with E-state index in [4.69, 9.17) is 14.6 Å². The van der Waals surface area contributed by atoms with Gasteiger partial charge in [-0.15, -0.1) is 0 Å². The predicted octanol–water partition coefficient (Wildman–Crippen LogP) is 8.27. The fourth-order valence-corrected chi connectivity index (χ4v) is 11.6. The minimum absolute atomic E-state index is 0.000714. The topological polar surface area (TPSA) is 89.9 Å². The van der Waals surface area contributed by atoms with Crippen LogP contribution in [-0.4, -0.2) is 36.2 Å². The highest BCUT2D eigenvalue weighted by atomic mass is 16.5. The molecule has 0 saturated heterocycles. The largest absolute Gasteiger partial charge is 0.481 e. The molecule has 0 bridgehead atoms. The smallest absolute Gasteiger partial charge is 0.315 e. The first-order chi connectivity index (χ1) is 19.5. The van der Waals surface area contributed by atoms with Crippen LogP contribution < -0.4 is 0 Å². The number of hydrogen-bond acceptors (Lipinski definition) is 5. The van der Waals surface area contributed by atoms with Crippen molar-refractivity contribution in [2.45, 2.75) is 144 Å². The summed E-state index contributed by atoms with van der Waals surface area (Å²) in [5.74, 6) is -0.109. The maximum atomic E-state index is 13.5. The molecule has 0 aromatic carbocycles. The second-order valence-electron chi connectivity index (χ2n) is 16.9. The molecule has 5 aliphatic carbocycles. The third kappa shape index (κ3) is 4.59. The van der Waals surface area contributed by atoms with Gasteiger partial charge in [-0.05, 0) is 111 Å². The Labute approximate surface area is 253 Å². The molecule has 5 aliphatic rings. The monoisotopic (exact) mass is 584 g/mol. The lowest BCUT2D eigenvalue weighted by molar-refractivity contribution is -0.214. The third-order valence-corrected chi connectivity index (χ3v) is 14.1. The number of esters is 2. The molecule has 7 atom stereocenters. The summed E-state index contributed by atoms with van der Waals surface area (Å²) in [6.07, 6.45) is 11.7. The summed E-state index contributed by atoms with van der Waals surface area (Å²) in [5, 5.41) is 8.95. The van der Waals surface area contributed by atoms with Crippen molar-refractivity contribution < 1.29 is 29.0 Å². The number of aliphatic carboxylic acids is 1. The summed E-state index contributed by atoms with van der Waals surface area (Å²) < 4.78 is 11.6. The minimum atomic E-state index is -0.872. The molecular formula is C36H56O6. The van der Waals surface area contributed by atoms with E-state index in [2.05, 4.69) is 48.5 Å². The van der Waals surface area contributed by atoms with Crippen LogP contribution in [0, 0.1) is 44.3 Å². The van der Waals surface area contributed by atoms with Gasteiger partial charge >= 0.3 is 17.9 Å². The zero-order valence-electron chi connectivity index (χ0n) is 27.6. The lowest BCUT2D eigenvalue weighted by atomic mass is 9.34. The van der Waals surface area contributed by atoms with Gasteiger partial charge in [-0.1, -0.05) is 59.6 Å². The van der Waals surface area contributed by atoms with Crippen LogP contribution in [0.25, 0.3) is 0 Å². The van der Waals surface area contributed by atoms with Crippen LogP contribution in [0.5, 0.6) is 0 Å². The Balaban J connectivity index is 1.44. The predicted molar refractivity (Wildman–Crippen MR) is 162 cm³/mol. The molecule has 0 spiro atoms. The zero-order valence-corrected chi connectivity index (χ0v) is 27.6. The van der Waals surface area contributed by atoms with E-state index in [1.165, 1.54) is 5.57 Å². The van der Waals surface area contributed by atoms with Crippen LogP contribution in [-0.2, 0) is 23.9 Å². The van der Waals surface area contributed by atoms with Crippen LogP contribution in [0.4, 0.5) is 0 Å². The molecule has 6 nitrogen and oxygen atoms in total. The third-order valence-electron chi connectivity index (χ3n) is 14.1. The summed E-state index contributed by atoms with van der Waals surface area (Å²) in [6, 6.07) is 0. The Hall–Kier alpha value is -1.85. The number of rotatable bonds is 6. The number of allylic oxidation sites excluding steroid dienone is 1. The first-order valence-electron chi connectivity index (χ1n) is 16.7. The molecule has 1 unspecified atom stereocenters. The molecule has 0 aromatic rings. The number of carbonyl (C=O) groups is 3. The van der Waals surface area contributed by atoms with Crippen molar-refractivity contribution in [2.24, 2.45) is 44.3 Å². The molecule has 4 fully saturated rings. The van der Waals surface area contributed by atoms with Gasteiger partial charge in [-0.2, -0.15) is 0 Å². The van der Waals surface area contributed by atoms with E-state index in [-0.39, 0.29) is 58.0 Å². The molecule has 0 aromatic heterocycles. The minimum Gasteiger partial charge on any atom is -0.481 e. The Kier molecular flexibility index (Phi) is 7.79. The van der Waals surface area contributed by atoms with Crippen molar-refractivity contribution in [3.63, 3.8) is 0 Å². The first-order valence-corrected chi connectivity index (χ1v) is 16.7. The van der Waals surface area contributed by atoms with E-state index >= 15 is 0 Å². The molecule has 4 saturated carbocycles. The maximum Gasteiger partial charge on any atom is 0.315 e. The average Bonchev–Trinajstić information content (AvgIpc) is 2.89. The van der Waals surface area contributed by atoms with E-state index < -0.39 is 11.4 Å². The number of carboxylic acids is 1. The van der Waals surface area contributed by atoms with Gasteiger partial charge in [0.2, 0.25) is 0 Å². The number of carbonyl (C=O) groups excluding carboxylic acids is 2. The molecule has 0 amide bonds.